The molecule has 0 saturated carbocycles. The zero-order valence-electron chi connectivity index (χ0n) is 13.3. The Bertz CT molecular complexity index is 400. The second kappa shape index (κ2) is 11.3. The van der Waals surface area contributed by atoms with Crippen molar-refractivity contribution in [3.63, 3.8) is 0 Å². The molecule has 5 heteroatoms. The van der Waals surface area contributed by atoms with E-state index in [2.05, 4.69) is 36.2 Å². The van der Waals surface area contributed by atoms with Crippen molar-refractivity contribution in [2.24, 2.45) is 0 Å². The normalized spacial score (nSPS) is 11.3. The Morgan fingerprint density at radius 3 is 2.71 bits per heavy atom. The van der Waals surface area contributed by atoms with Gasteiger partial charge in [-0.1, -0.05) is 25.4 Å². The van der Waals surface area contributed by atoms with Gasteiger partial charge in [0, 0.05) is 42.4 Å². The average Bonchev–Trinajstić information content (AvgIpc) is 2.50. The van der Waals surface area contributed by atoms with Gasteiger partial charge in [0.15, 0.2) is 0 Å². The highest BCUT2D eigenvalue weighted by atomic mass is 35.5. The molecule has 0 aromatic heterocycles. The number of hydrogen-bond donors (Lipinski definition) is 1. The van der Waals surface area contributed by atoms with Crippen molar-refractivity contribution in [2.45, 2.75) is 25.3 Å². The molecule has 0 atom stereocenters. The van der Waals surface area contributed by atoms with Gasteiger partial charge in [0.25, 0.3) is 0 Å². The summed E-state index contributed by atoms with van der Waals surface area (Å²) in [6.07, 6.45) is 0. The van der Waals surface area contributed by atoms with Gasteiger partial charge in [-0.25, -0.2) is 0 Å². The summed E-state index contributed by atoms with van der Waals surface area (Å²) in [7, 11) is 1.72. The van der Waals surface area contributed by atoms with Crippen LogP contribution < -0.4 is 5.32 Å². The van der Waals surface area contributed by atoms with Crippen molar-refractivity contribution in [3.8, 4) is 0 Å². The van der Waals surface area contributed by atoms with Crippen LogP contribution in [0.2, 0.25) is 5.02 Å². The Kier molecular flexibility index (Phi) is 10.1. The summed E-state index contributed by atoms with van der Waals surface area (Å²) in [5.41, 5.74) is 1.27. The van der Waals surface area contributed by atoms with Crippen LogP contribution in [-0.4, -0.2) is 50.5 Å². The van der Waals surface area contributed by atoms with E-state index >= 15 is 0 Å². The Morgan fingerprint density at radius 1 is 1.29 bits per heavy atom. The quantitative estimate of drug-likeness (QED) is 0.495. The summed E-state index contributed by atoms with van der Waals surface area (Å²) in [6.45, 7) is 10.2. The monoisotopic (exact) mass is 330 g/mol. The van der Waals surface area contributed by atoms with Gasteiger partial charge in [-0.2, -0.15) is 0 Å². The number of thioether (sulfide) groups is 1. The van der Waals surface area contributed by atoms with E-state index in [0.29, 0.717) is 0 Å². The number of hydrogen-bond acceptors (Lipinski definition) is 4. The highest BCUT2D eigenvalue weighted by Crippen LogP contribution is 2.25. The zero-order valence-corrected chi connectivity index (χ0v) is 14.9. The number of benzene rings is 1. The second-order valence-corrected chi connectivity index (χ2v) is 6.37. The summed E-state index contributed by atoms with van der Waals surface area (Å²) in [5, 5.41) is 4.18. The Labute approximate surface area is 138 Å². The molecule has 21 heavy (non-hydrogen) atoms. The lowest BCUT2D eigenvalue weighted by molar-refractivity contribution is 0.199. The molecule has 0 aliphatic carbocycles. The molecule has 120 valence electrons. The molecule has 1 N–H and O–H groups in total. The molecule has 1 aromatic rings. The van der Waals surface area contributed by atoms with Crippen molar-refractivity contribution >= 4 is 23.4 Å². The van der Waals surface area contributed by atoms with Gasteiger partial charge < -0.3 is 15.0 Å². The van der Waals surface area contributed by atoms with Gasteiger partial charge in [0.05, 0.1) is 6.61 Å². The van der Waals surface area contributed by atoms with Crippen molar-refractivity contribution in [3.05, 3.63) is 28.8 Å². The third kappa shape index (κ3) is 7.52. The molecule has 0 fully saturated rings. The van der Waals surface area contributed by atoms with Crippen molar-refractivity contribution in [1.29, 1.82) is 0 Å². The Hall–Kier alpha value is -0.260. The maximum atomic E-state index is 6.12. The van der Waals surface area contributed by atoms with Crippen LogP contribution in [0.4, 0.5) is 0 Å². The molecular formula is C16H27ClN2OS. The lowest BCUT2D eigenvalue weighted by Crippen LogP contribution is -2.25. The number of halogens is 1. The topological polar surface area (TPSA) is 24.5 Å². The smallest absolute Gasteiger partial charge is 0.0587 e. The molecule has 1 rings (SSSR count). The molecule has 0 heterocycles. The standard InChI is InChI=1S/C16H27ClN2OS/c1-4-19(5-2)9-11-21-16-7-6-15(17)12-14(16)13-18-8-10-20-3/h6-7,12,18H,4-5,8-11,13H2,1-3H3. The molecule has 1 aromatic carbocycles. The number of rotatable bonds is 11. The lowest BCUT2D eigenvalue weighted by atomic mass is 10.2. The van der Waals surface area contributed by atoms with E-state index in [9.17, 15) is 0 Å². The molecule has 0 bridgehead atoms. The SMILES string of the molecule is CCN(CC)CCSc1ccc(Cl)cc1CNCCOC. The fraction of sp³-hybridized carbons (Fsp3) is 0.625. The molecule has 0 unspecified atom stereocenters. The first kappa shape index (κ1) is 18.8. The summed E-state index contributed by atoms with van der Waals surface area (Å²) in [6, 6.07) is 6.16. The lowest BCUT2D eigenvalue weighted by Gasteiger charge is -2.18. The second-order valence-electron chi connectivity index (χ2n) is 4.80. The Balaban J connectivity index is 2.51. The van der Waals surface area contributed by atoms with E-state index in [-0.39, 0.29) is 0 Å². The molecule has 3 nitrogen and oxygen atoms in total. The molecule has 0 spiro atoms. The number of nitrogens with zero attached hydrogens (tertiary/aromatic N) is 1. The van der Waals surface area contributed by atoms with E-state index in [0.717, 1.165) is 50.1 Å². The van der Waals surface area contributed by atoms with Gasteiger partial charge in [-0.3, -0.25) is 0 Å². The van der Waals surface area contributed by atoms with Crippen LogP contribution in [0.3, 0.4) is 0 Å². The molecule has 0 radical (unpaired) electrons. The molecule has 0 amide bonds. The minimum atomic E-state index is 0.727. The number of ether oxygens (including phenoxy) is 1. The minimum Gasteiger partial charge on any atom is -0.383 e. The van der Waals surface area contributed by atoms with E-state index in [4.69, 9.17) is 16.3 Å². The van der Waals surface area contributed by atoms with Gasteiger partial charge in [-0.05, 0) is 36.9 Å². The van der Waals surface area contributed by atoms with E-state index in [1.807, 2.05) is 17.8 Å². The largest absolute Gasteiger partial charge is 0.383 e. The fourth-order valence-electron chi connectivity index (χ4n) is 2.05. The third-order valence-corrected chi connectivity index (χ3v) is 4.71. The van der Waals surface area contributed by atoms with Gasteiger partial charge in [0.2, 0.25) is 0 Å². The maximum absolute atomic E-state index is 6.12. The fourth-order valence-corrected chi connectivity index (χ4v) is 3.29. The van der Waals surface area contributed by atoms with Crippen LogP contribution >= 0.6 is 23.4 Å². The van der Waals surface area contributed by atoms with E-state index < -0.39 is 0 Å². The molecule has 0 saturated heterocycles. The van der Waals surface area contributed by atoms with E-state index in [1.54, 1.807) is 7.11 Å². The first-order valence-electron chi connectivity index (χ1n) is 7.54. The average molecular weight is 331 g/mol. The van der Waals surface area contributed by atoms with Crippen LogP contribution in [0.25, 0.3) is 0 Å². The highest BCUT2D eigenvalue weighted by Gasteiger charge is 2.06. The number of nitrogens with one attached hydrogen (secondary N) is 1. The van der Waals surface area contributed by atoms with Gasteiger partial charge >= 0.3 is 0 Å². The summed E-state index contributed by atoms with van der Waals surface area (Å²) < 4.78 is 5.05. The predicted molar refractivity (Wildman–Crippen MR) is 93.5 cm³/mol. The third-order valence-electron chi connectivity index (χ3n) is 3.38. The van der Waals surface area contributed by atoms with Crippen LogP contribution in [0.5, 0.6) is 0 Å². The van der Waals surface area contributed by atoms with Crippen LogP contribution in [0.15, 0.2) is 23.1 Å². The highest BCUT2D eigenvalue weighted by molar-refractivity contribution is 7.99. The zero-order chi connectivity index (χ0) is 15.5. The predicted octanol–water partition coefficient (Wildman–Crippen LogP) is 3.51. The van der Waals surface area contributed by atoms with Crippen molar-refractivity contribution in [2.75, 3.05) is 45.6 Å². The van der Waals surface area contributed by atoms with Crippen LogP contribution in [-0.2, 0) is 11.3 Å². The molecular weight excluding hydrogens is 304 g/mol. The molecule has 0 aliphatic heterocycles. The minimum absolute atomic E-state index is 0.727. The van der Waals surface area contributed by atoms with Gasteiger partial charge in [0.1, 0.15) is 0 Å². The van der Waals surface area contributed by atoms with Crippen LogP contribution in [0.1, 0.15) is 19.4 Å². The summed E-state index contributed by atoms with van der Waals surface area (Å²) in [4.78, 5) is 3.76. The number of methoxy groups -OCH3 is 1. The van der Waals surface area contributed by atoms with Gasteiger partial charge in [-0.15, -0.1) is 11.8 Å². The molecule has 0 aliphatic rings. The summed E-state index contributed by atoms with van der Waals surface area (Å²) in [5.74, 6) is 1.11. The summed E-state index contributed by atoms with van der Waals surface area (Å²) >= 11 is 8.02. The Morgan fingerprint density at radius 2 is 2.05 bits per heavy atom. The van der Waals surface area contributed by atoms with E-state index in [1.165, 1.54) is 10.5 Å². The first-order chi connectivity index (χ1) is 10.2. The first-order valence-corrected chi connectivity index (χ1v) is 8.90. The van der Waals surface area contributed by atoms with Crippen LogP contribution in [0, 0.1) is 0 Å². The maximum Gasteiger partial charge on any atom is 0.0587 e. The van der Waals surface area contributed by atoms with Crippen molar-refractivity contribution in [1.82, 2.24) is 10.2 Å². The van der Waals surface area contributed by atoms with Crippen molar-refractivity contribution < 1.29 is 4.74 Å².